The molecule has 0 aromatic heterocycles. The zero-order chi connectivity index (χ0) is 16.9. The van der Waals surface area contributed by atoms with E-state index < -0.39 is 5.60 Å². The fraction of sp³-hybridized carbons (Fsp3) is 0.833. The Balaban J connectivity index is 1.79. The molecule has 0 spiro atoms. The number of rotatable bonds is 5. The molecule has 2 atom stereocenters. The molecule has 0 aromatic carbocycles. The number of ether oxygens (including phenoxy) is 1. The Morgan fingerprint density at radius 1 is 1.35 bits per heavy atom. The van der Waals surface area contributed by atoms with Crippen molar-refractivity contribution in [3.63, 3.8) is 0 Å². The van der Waals surface area contributed by atoms with E-state index in [-0.39, 0.29) is 12.1 Å². The van der Waals surface area contributed by atoms with Gasteiger partial charge in [-0.15, -0.1) is 0 Å². The first-order chi connectivity index (χ1) is 10.9. The van der Waals surface area contributed by atoms with Crippen LogP contribution in [0, 0.1) is 5.92 Å². The monoisotopic (exact) mass is 324 g/mol. The highest BCUT2D eigenvalue weighted by atomic mass is 16.5. The summed E-state index contributed by atoms with van der Waals surface area (Å²) in [6, 6.07) is -0.116. The van der Waals surface area contributed by atoms with E-state index in [4.69, 9.17) is 4.74 Å². The molecule has 1 saturated heterocycles. The first-order valence-corrected chi connectivity index (χ1v) is 8.90. The van der Waals surface area contributed by atoms with Gasteiger partial charge in [-0.25, -0.2) is 4.79 Å². The Kier molecular flexibility index (Phi) is 6.48. The predicted octanol–water partition coefficient (Wildman–Crippen LogP) is 2.69. The van der Waals surface area contributed by atoms with E-state index in [9.17, 15) is 9.90 Å². The second-order valence-corrected chi connectivity index (χ2v) is 7.37. The van der Waals surface area contributed by atoms with Crippen molar-refractivity contribution in [2.24, 2.45) is 5.92 Å². The van der Waals surface area contributed by atoms with Crippen LogP contribution in [-0.2, 0) is 4.74 Å². The highest BCUT2D eigenvalue weighted by Gasteiger charge is 2.32. The van der Waals surface area contributed by atoms with Crippen LogP contribution in [0.2, 0.25) is 0 Å². The van der Waals surface area contributed by atoms with E-state index in [1.54, 1.807) is 11.9 Å². The van der Waals surface area contributed by atoms with Gasteiger partial charge in [0.2, 0.25) is 0 Å². The number of urea groups is 1. The molecular formula is C18H32N2O3. The first kappa shape index (κ1) is 18.3. The summed E-state index contributed by atoms with van der Waals surface area (Å²) >= 11 is 0. The summed E-state index contributed by atoms with van der Waals surface area (Å²) in [4.78, 5) is 13.9. The fourth-order valence-corrected chi connectivity index (χ4v) is 3.80. The minimum absolute atomic E-state index is 0.0478. The second kappa shape index (κ2) is 8.15. The zero-order valence-electron chi connectivity index (χ0n) is 14.6. The van der Waals surface area contributed by atoms with Crippen LogP contribution in [0.1, 0.15) is 51.9 Å². The Hall–Kier alpha value is -1.07. The van der Waals surface area contributed by atoms with Crippen LogP contribution in [0.15, 0.2) is 12.2 Å². The predicted molar refractivity (Wildman–Crippen MR) is 91.3 cm³/mol. The molecule has 0 aromatic rings. The average molecular weight is 324 g/mol. The SMILES string of the molecule is C=C(C)[C@@H]1OCC[C@H]1CNC(=O)N(C)CC1(O)CCCCCC1. The summed E-state index contributed by atoms with van der Waals surface area (Å²) in [5.41, 5.74) is 0.294. The van der Waals surface area contributed by atoms with Gasteiger partial charge in [0.25, 0.3) is 0 Å². The third-order valence-electron chi connectivity index (χ3n) is 5.13. The van der Waals surface area contributed by atoms with Gasteiger partial charge in [0.1, 0.15) is 0 Å². The van der Waals surface area contributed by atoms with Crippen molar-refractivity contribution >= 4 is 6.03 Å². The molecule has 132 valence electrons. The highest BCUT2D eigenvalue weighted by molar-refractivity contribution is 5.73. The number of likely N-dealkylation sites (N-methyl/N-ethyl adjacent to an activating group) is 1. The summed E-state index contributed by atoms with van der Waals surface area (Å²) in [7, 11) is 1.76. The minimum atomic E-state index is -0.723. The van der Waals surface area contributed by atoms with Crippen LogP contribution in [0.25, 0.3) is 0 Å². The summed E-state index contributed by atoms with van der Waals surface area (Å²) in [6.45, 7) is 7.67. The van der Waals surface area contributed by atoms with Gasteiger partial charge >= 0.3 is 6.03 Å². The average Bonchev–Trinajstić information content (AvgIpc) is 2.87. The molecule has 5 heteroatoms. The molecule has 2 N–H and O–H groups in total. The van der Waals surface area contributed by atoms with Gasteiger partial charge < -0.3 is 20.1 Å². The number of carbonyl (C=O) groups is 1. The van der Waals surface area contributed by atoms with E-state index in [2.05, 4.69) is 11.9 Å². The Morgan fingerprint density at radius 2 is 2.00 bits per heavy atom. The van der Waals surface area contributed by atoms with Crippen molar-refractivity contribution in [3.05, 3.63) is 12.2 Å². The van der Waals surface area contributed by atoms with Crippen LogP contribution in [0.3, 0.4) is 0 Å². The third kappa shape index (κ3) is 5.21. The van der Waals surface area contributed by atoms with Crippen molar-refractivity contribution < 1.29 is 14.6 Å². The smallest absolute Gasteiger partial charge is 0.317 e. The lowest BCUT2D eigenvalue weighted by Crippen LogP contribution is -2.48. The first-order valence-electron chi connectivity index (χ1n) is 8.90. The topological polar surface area (TPSA) is 61.8 Å². The van der Waals surface area contributed by atoms with E-state index in [1.165, 1.54) is 12.8 Å². The number of nitrogens with zero attached hydrogens (tertiary/aromatic N) is 1. The molecule has 0 radical (unpaired) electrons. The Labute approximate surface area is 140 Å². The number of carbonyl (C=O) groups excluding carboxylic acids is 1. The molecule has 1 aliphatic heterocycles. The van der Waals surface area contributed by atoms with Gasteiger partial charge in [0.15, 0.2) is 0 Å². The lowest BCUT2D eigenvalue weighted by Gasteiger charge is -2.32. The summed E-state index contributed by atoms with van der Waals surface area (Å²) in [5, 5.41) is 13.7. The van der Waals surface area contributed by atoms with Crippen molar-refractivity contribution in [1.29, 1.82) is 0 Å². The van der Waals surface area contributed by atoms with E-state index >= 15 is 0 Å². The fourth-order valence-electron chi connectivity index (χ4n) is 3.80. The van der Waals surface area contributed by atoms with Gasteiger partial charge in [-0.3, -0.25) is 0 Å². The Bertz CT molecular complexity index is 416. The molecule has 2 aliphatic rings. The van der Waals surface area contributed by atoms with Gasteiger partial charge in [-0.05, 0) is 26.2 Å². The number of aliphatic hydroxyl groups is 1. The normalized spacial score (nSPS) is 27.3. The molecule has 1 saturated carbocycles. The minimum Gasteiger partial charge on any atom is -0.388 e. The number of nitrogens with one attached hydrogen (secondary N) is 1. The molecule has 2 fully saturated rings. The summed E-state index contributed by atoms with van der Waals surface area (Å²) in [5.74, 6) is 0.297. The molecule has 0 unspecified atom stereocenters. The van der Waals surface area contributed by atoms with Crippen molar-refractivity contribution in [1.82, 2.24) is 10.2 Å². The maximum Gasteiger partial charge on any atom is 0.317 e. The Morgan fingerprint density at radius 3 is 2.61 bits per heavy atom. The van der Waals surface area contributed by atoms with E-state index in [0.717, 1.165) is 44.3 Å². The quantitative estimate of drug-likeness (QED) is 0.604. The van der Waals surface area contributed by atoms with E-state index in [0.29, 0.717) is 19.0 Å². The molecule has 1 aliphatic carbocycles. The number of hydrogen-bond donors (Lipinski definition) is 2. The summed E-state index contributed by atoms with van der Waals surface area (Å²) in [6.07, 6.45) is 7.04. The highest BCUT2D eigenvalue weighted by Crippen LogP contribution is 2.28. The molecule has 1 heterocycles. The zero-order valence-corrected chi connectivity index (χ0v) is 14.6. The second-order valence-electron chi connectivity index (χ2n) is 7.37. The summed E-state index contributed by atoms with van der Waals surface area (Å²) < 4.78 is 5.67. The molecule has 5 nitrogen and oxygen atoms in total. The maximum absolute atomic E-state index is 12.3. The van der Waals surface area contributed by atoms with Crippen LogP contribution >= 0.6 is 0 Å². The van der Waals surface area contributed by atoms with Crippen LogP contribution in [0.5, 0.6) is 0 Å². The molecular weight excluding hydrogens is 292 g/mol. The van der Waals surface area contributed by atoms with Crippen LogP contribution in [0.4, 0.5) is 4.79 Å². The maximum atomic E-state index is 12.3. The number of hydrogen-bond acceptors (Lipinski definition) is 3. The van der Waals surface area contributed by atoms with Crippen molar-refractivity contribution in [2.45, 2.75) is 63.6 Å². The van der Waals surface area contributed by atoms with E-state index in [1.807, 2.05) is 6.92 Å². The van der Waals surface area contributed by atoms with Crippen LogP contribution < -0.4 is 5.32 Å². The van der Waals surface area contributed by atoms with Crippen LogP contribution in [-0.4, -0.2) is 54.5 Å². The van der Waals surface area contributed by atoms with Gasteiger partial charge in [0.05, 0.1) is 18.2 Å². The number of amides is 2. The van der Waals surface area contributed by atoms with Crippen molar-refractivity contribution in [2.75, 3.05) is 26.7 Å². The molecule has 0 bridgehead atoms. The van der Waals surface area contributed by atoms with Gasteiger partial charge in [-0.1, -0.05) is 37.8 Å². The molecule has 2 rings (SSSR count). The van der Waals surface area contributed by atoms with Gasteiger partial charge in [0, 0.05) is 26.1 Å². The lowest BCUT2D eigenvalue weighted by atomic mass is 9.94. The third-order valence-corrected chi connectivity index (χ3v) is 5.13. The largest absolute Gasteiger partial charge is 0.388 e. The lowest BCUT2D eigenvalue weighted by molar-refractivity contribution is 0.00451. The standard InChI is InChI=1S/C18H32N2O3/c1-14(2)16-15(8-11-23-16)12-19-17(21)20(3)13-18(22)9-6-4-5-7-10-18/h15-16,22H,1,4-13H2,2-3H3,(H,19,21)/t15-,16-/m0/s1. The van der Waals surface area contributed by atoms with Gasteiger partial charge in [-0.2, -0.15) is 0 Å². The molecule has 2 amide bonds. The molecule has 23 heavy (non-hydrogen) atoms. The van der Waals surface area contributed by atoms with Crippen molar-refractivity contribution in [3.8, 4) is 0 Å².